The summed E-state index contributed by atoms with van der Waals surface area (Å²) in [6.07, 6.45) is 0.713. The molecule has 138 valence electrons. The second kappa shape index (κ2) is 7.96. The van der Waals surface area contributed by atoms with Gasteiger partial charge in [-0.15, -0.1) is 11.3 Å². The molecule has 0 atom stereocenters. The minimum Gasteiger partial charge on any atom is -0.309 e. The summed E-state index contributed by atoms with van der Waals surface area (Å²) in [6.45, 7) is 1.19. The molecular formula is C17H16ClF2N3OS2. The van der Waals surface area contributed by atoms with Gasteiger partial charge in [0.2, 0.25) is 0 Å². The highest BCUT2D eigenvalue weighted by Crippen LogP contribution is 2.33. The third-order valence-electron chi connectivity index (χ3n) is 3.65. The first-order chi connectivity index (χ1) is 12.3. The van der Waals surface area contributed by atoms with Gasteiger partial charge in [-0.25, -0.2) is 13.8 Å². The van der Waals surface area contributed by atoms with Crippen LogP contribution >= 0.6 is 34.3 Å². The van der Waals surface area contributed by atoms with E-state index >= 15 is 0 Å². The van der Waals surface area contributed by atoms with Gasteiger partial charge < -0.3 is 4.90 Å². The number of benzene rings is 1. The average molecular weight is 416 g/mol. The Bertz CT molecular complexity index is 941. The molecule has 0 fully saturated rings. The summed E-state index contributed by atoms with van der Waals surface area (Å²) in [5.74, 6) is -1.65. The highest BCUT2D eigenvalue weighted by atomic mass is 35.5. The summed E-state index contributed by atoms with van der Waals surface area (Å²) in [6, 6.07) is 5.33. The highest BCUT2D eigenvalue weighted by Gasteiger charge is 2.23. The maximum atomic E-state index is 14.0. The predicted octanol–water partition coefficient (Wildman–Crippen LogP) is 4.89. The molecule has 0 aliphatic carbocycles. The summed E-state index contributed by atoms with van der Waals surface area (Å²) in [7, 11) is 3.89. The molecule has 0 aliphatic rings. The molecule has 0 N–H and O–H groups in total. The first-order valence-electron chi connectivity index (χ1n) is 7.82. The standard InChI is InChI=1S/C17H16ClF2N3OS2/c1-22(2)6-3-7-23(16(24)12-4-5-14(18)25-12)17-21-15-11(20)8-10(19)9-13(15)26-17/h4-5,8-9H,3,6-7H2,1-2H3. The summed E-state index contributed by atoms with van der Waals surface area (Å²) in [5, 5.41) is 0.345. The lowest BCUT2D eigenvalue weighted by Crippen LogP contribution is -2.32. The SMILES string of the molecule is CN(C)CCCN(C(=O)c1ccc(Cl)s1)c1nc2c(F)cc(F)cc2s1. The molecule has 2 heterocycles. The number of halogens is 3. The van der Waals surface area contributed by atoms with Crippen LogP contribution in [0.15, 0.2) is 24.3 Å². The second-order valence-corrected chi connectivity index (χ2v) is 8.67. The molecule has 0 bridgehead atoms. The zero-order valence-electron chi connectivity index (χ0n) is 14.1. The van der Waals surface area contributed by atoms with Crippen LogP contribution in [0.5, 0.6) is 0 Å². The highest BCUT2D eigenvalue weighted by molar-refractivity contribution is 7.22. The van der Waals surface area contributed by atoms with Crippen LogP contribution in [0.3, 0.4) is 0 Å². The zero-order chi connectivity index (χ0) is 18.8. The van der Waals surface area contributed by atoms with Gasteiger partial charge >= 0.3 is 0 Å². The van der Waals surface area contributed by atoms with E-state index in [1.807, 2.05) is 19.0 Å². The van der Waals surface area contributed by atoms with Crippen LogP contribution < -0.4 is 4.90 Å². The van der Waals surface area contributed by atoms with Crippen molar-refractivity contribution < 1.29 is 13.6 Å². The number of thiophene rings is 1. The molecule has 1 aromatic carbocycles. The number of nitrogens with zero attached hydrogens (tertiary/aromatic N) is 3. The van der Waals surface area contributed by atoms with Crippen LogP contribution in [0.1, 0.15) is 16.1 Å². The van der Waals surface area contributed by atoms with Gasteiger partial charge in [0.05, 0.1) is 13.9 Å². The largest absolute Gasteiger partial charge is 0.309 e. The fourth-order valence-electron chi connectivity index (χ4n) is 2.45. The number of carbonyl (C=O) groups is 1. The van der Waals surface area contributed by atoms with Crippen LogP contribution in [0.4, 0.5) is 13.9 Å². The van der Waals surface area contributed by atoms with Crippen molar-refractivity contribution in [2.45, 2.75) is 6.42 Å². The maximum Gasteiger partial charge on any atom is 0.270 e. The van der Waals surface area contributed by atoms with Crippen molar-refractivity contribution in [2.24, 2.45) is 0 Å². The van der Waals surface area contributed by atoms with E-state index in [-0.39, 0.29) is 11.4 Å². The minimum atomic E-state index is -0.734. The number of aromatic nitrogens is 1. The number of thiazole rings is 1. The number of hydrogen-bond acceptors (Lipinski definition) is 5. The third kappa shape index (κ3) is 4.20. The summed E-state index contributed by atoms with van der Waals surface area (Å²) >= 11 is 8.21. The smallest absolute Gasteiger partial charge is 0.270 e. The molecule has 2 aromatic heterocycles. The van der Waals surface area contributed by atoms with Gasteiger partial charge in [0.1, 0.15) is 11.3 Å². The fourth-order valence-corrected chi connectivity index (χ4v) is 4.47. The molecular weight excluding hydrogens is 400 g/mol. The Kier molecular flexibility index (Phi) is 5.86. The normalized spacial score (nSPS) is 11.5. The Labute approximate surface area is 162 Å². The topological polar surface area (TPSA) is 36.4 Å². The maximum absolute atomic E-state index is 14.0. The lowest BCUT2D eigenvalue weighted by Gasteiger charge is -2.20. The van der Waals surface area contributed by atoms with Gasteiger partial charge in [0, 0.05) is 12.6 Å². The molecule has 0 unspecified atom stereocenters. The third-order valence-corrected chi connectivity index (χ3v) is 5.89. The van der Waals surface area contributed by atoms with Crippen LogP contribution in [0.25, 0.3) is 10.2 Å². The average Bonchev–Trinajstić information content (AvgIpc) is 3.17. The van der Waals surface area contributed by atoms with Gasteiger partial charge in [0.25, 0.3) is 5.91 Å². The van der Waals surface area contributed by atoms with E-state index in [1.54, 1.807) is 12.1 Å². The summed E-state index contributed by atoms with van der Waals surface area (Å²) < 4.78 is 28.3. The van der Waals surface area contributed by atoms with E-state index in [0.717, 1.165) is 23.9 Å². The fraction of sp³-hybridized carbons (Fsp3) is 0.294. The first-order valence-corrected chi connectivity index (χ1v) is 9.84. The van der Waals surface area contributed by atoms with Crippen molar-refractivity contribution in [2.75, 3.05) is 32.1 Å². The number of carbonyl (C=O) groups excluding carboxylic acids is 1. The molecule has 4 nitrogen and oxygen atoms in total. The molecule has 9 heteroatoms. The lowest BCUT2D eigenvalue weighted by molar-refractivity contribution is 0.0990. The molecule has 3 aromatic rings. The molecule has 3 rings (SSSR count). The van der Waals surface area contributed by atoms with E-state index in [1.165, 1.54) is 22.3 Å². The number of fused-ring (bicyclic) bond motifs is 1. The van der Waals surface area contributed by atoms with Crippen molar-refractivity contribution in [3.8, 4) is 0 Å². The minimum absolute atomic E-state index is 0.0704. The van der Waals surface area contributed by atoms with Crippen LogP contribution in [0.2, 0.25) is 4.34 Å². The lowest BCUT2D eigenvalue weighted by atomic mass is 10.3. The molecule has 1 amide bonds. The second-order valence-electron chi connectivity index (χ2n) is 5.95. The van der Waals surface area contributed by atoms with Crippen molar-refractivity contribution >= 4 is 55.5 Å². The monoisotopic (exact) mass is 415 g/mol. The van der Waals surface area contributed by atoms with Crippen molar-refractivity contribution in [1.82, 2.24) is 9.88 Å². The van der Waals surface area contributed by atoms with Gasteiger partial charge in [-0.3, -0.25) is 9.69 Å². The van der Waals surface area contributed by atoms with Gasteiger partial charge in [-0.1, -0.05) is 22.9 Å². The Morgan fingerprint density at radius 3 is 2.62 bits per heavy atom. The van der Waals surface area contributed by atoms with E-state index in [0.29, 0.717) is 32.0 Å². The summed E-state index contributed by atoms with van der Waals surface area (Å²) in [4.78, 5) is 21.2. The number of rotatable bonds is 6. The number of anilines is 1. The Morgan fingerprint density at radius 1 is 1.19 bits per heavy atom. The van der Waals surface area contributed by atoms with Crippen molar-refractivity contribution in [3.63, 3.8) is 0 Å². The molecule has 0 aliphatic heterocycles. The van der Waals surface area contributed by atoms with Gasteiger partial charge in [-0.2, -0.15) is 0 Å². The molecule has 0 saturated carbocycles. The van der Waals surface area contributed by atoms with Crippen molar-refractivity contribution in [3.05, 3.63) is 45.1 Å². The van der Waals surface area contributed by atoms with E-state index < -0.39 is 11.6 Å². The quantitative estimate of drug-likeness (QED) is 0.575. The summed E-state index contributed by atoms with van der Waals surface area (Å²) in [5.41, 5.74) is 0.0704. The van der Waals surface area contributed by atoms with Crippen LogP contribution in [-0.2, 0) is 0 Å². The molecule has 0 spiro atoms. The van der Waals surface area contributed by atoms with Crippen LogP contribution in [0, 0.1) is 11.6 Å². The van der Waals surface area contributed by atoms with Crippen molar-refractivity contribution in [1.29, 1.82) is 0 Å². The van der Waals surface area contributed by atoms with E-state index in [4.69, 9.17) is 11.6 Å². The zero-order valence-corrected chi connectivity index (χ0v) is 16.5. The van der Waals surface area contributed by atoms with Gasteiger partial charge in [-0.05, 0) is 45.3 Å². The van der Waals surface area contributed by atoms with E-state index in [2.05, 4.69) is 4.98 Å². The number of hydrogen-bond donors (Lipinski definition) is 0. The molecule has 0 radical (unpaired) electrons. The Morgan fingerprint density at radius 2 is 1.96 bits per heavy atom. The first kappa shape index (κ1) is 19.2. The van der Waals surface area contributed by atoms with Gasteiger partial charge in [0.15, 0.2) is 10.9 Å². The van der Waals surface area contributed by atoms with Crippen LogP contribution in [-0.4, -0.2) is 43.0 Å². The predicted molar refractivity (Wildman–Crippen MR) is 104 cm³/mol. The Balaban J connectivity index is 1.96. The molecule has 26 heavy (non-hydrogen) atoms. The Hall–Kier alpha value is -1.61. The number of amides is 1. The molecule has 0 saturated heterocycles. The van der Waals surface area contributed by atoms with E-state index in [9.17, 15) is 13.6 Å².